The van der Waals surface area contributed by atoms with Crippen molar-refractivity contribution in [2.24, 2.45) is 5.92 Å². The minimum Gasteiger partial charge on any atom is -0.465 e. The van der Waals surface area contributed by atoms with E-state index in [2.05, 4.69) is 58.5 Å². The molecule has 3 nitrogen and oxygen atoms in total. The Labute approximate surface area is 156 Å². The summed E-state index contributed by atoms with van der Waals surface area (Å²) in [6, 6.07) is 12.5. The Hall–Kier alpha value is -2.07. The maximum atomic E-state index is 12.3. The van der Waals surface area contributed by atoms with Crippen molar-refractivity contribution in [1.29, 1.82) is 0 Å². The number of hydrogen-bond acceptors (Lipinski definition) is 3. The van der Waals surface area contributed by atoms with Crippen LogP contribution in [0.5, 0.6) is 0 Å². The monoisotopic (exact) mass is 397 g/mol. The average molecular weight is 398 g/mol. The van der Waals surface area contributed by atoms with E-state index in [0.29, 0.717) is 11.5 Å². The number of benzene rings is 2. The van der Waals surface area contributed by atoms with Gasteiger partial charge in [0.2, 0.25) is 0 Å². The number of anilines is 1. The van der Waals surface area contributed by atoms with Crippen LogP contribution in [0.4, 0.5) is 5.69 Å². The lowest BCUT2D eigenvalue weighted by Crippen LogP contribution is -2.31. The number of ether oxygens (including phenoxy) is 1. The fourth-order valence-corrected chi connectivity index (χ4v) is 4.71. The zero-order chi connectivity index (χ0) is 17.6. The molecule has 0 saturated carbocycles. The SMILES string of the molecule is COC(=O)c1ccc(C)c2c1[C@@H]1C=CC[C@H]1[C@@H](c1ccccc1Br)N2. The van der Waals surface area contributed by atoms with E-state index >= 15 is 0 Å². The zero-order valence-electron chi connectivity index (χ0n) is 14.3. The number of allylic oxidation sites excluding steroid dienone is 2. The van der Waals surface area contributed by atoms with Crippen molar-refractivity contribution in [2.45, 2.75) is 25.3 Å². The van der Waals surface area contributed by atoms with Crippen molar-refractivity contribution >= 4 is 27.6 Å². The van der Waals surface area contributed by atoms with Gasteiger partial charge in [0.15, 0.2) is 0 Å². The quantitative estimate of drug-likeness (QED) is 0.546. The van der Waals surface area contributed by atoms with E-state index in [-0.39, 0.29) is 17.9 Å². The lowest BCUT2D eigenvalue weighted by atomic mass is 9.75. The fourth-order valence-electron chi connectivity index (χ4n) is 4.18. The van der Waals surface area contributed by atoms with Crippen LogP contribution in [0, 0.1) is 12.8 Å². The van der Waals surface area contributed by atoms with Crippen LogP contribution in [0.2, 0.25) is 0 Å². The second kappa shape index (κ2) is 6.34. The molecule has 128 valence electrons. The third-order valence-corrected chi connectivity index (χ3v) is 6.10. The maximum absolute atomic E-state index is 12.3. The summed E-state index contributed by atoms with van der Waals surface area (Å²) in [5, 5.41) is 3.74. The Morgan fingerprint density at radius 3 is 2.80 bits per heavy atom. The van der Waals surface area contributed by atoms with Crippen LogP contribution < -0.4 is 5.32 Å². The van der Waals surface area contributed by atoms with Crippen LogP contribution >= 0.6 is 15.9 Å². The number of nitrogens with one attached hydrogen (secondary N) is 1. The number of halogens is 1. The molecule has 1 heterocycles. The van der Waals surface area contributed by atoms with Crippen molar-refractivity contribution in [3.8, 4) is 0 Å². The lowest BCUT2D eigenvalue weighted by Gasteiger charge is -2.39. The standard InChI is InChI=1S/C21H20BrNO2/c1-12-10-11-16(21(24)25-2)18-13-7-5-8-14(13)20(23-19(12)18)15-6-3-4-9-17(15)22/h3-7,9-11,13-14,20,23H,8H2,1-2H3/t13-,14-,20+/m1/s1. The van der Waals surface area contributed by atoms with Gasteiger partial charge in [0.25, 0.3) is 0 Å². The molecule has 1 aliphatic heterocycles. The first-order chi connectivity index (χ1) is 12.1. The normalized spacial score (nSPS) is 23.6. The second-order valence-electron chi connectivity index (χ2n) is 6.71. The van der Waals surface area contributed by atoms with Gasteiger partial charge in [-0.15, -0.1) is 0 Å². The van der Waals surface area contributed by atoms with Crippen LogP contribution in [0.3, 0.4) is 0 Å². The Bertz CT molecular complexity index is 874. The van der Waals surface area contributed by atoms with E-state index in [9.17, 15) is 4.79 Å². The number of esters is 1. The molecule has 2 aliphatic rings. The number of rotatable bonds is 2. The number of hydrogen-bond donors (Lipinski definition) is 1. The van der Waals surface area contributed by atoms with E-state index in [1.54, 1.807) is 0 Å². The number of fused-ring (bicyclic) bond motifs is 3. The fraction of sp³-hybridized carbons (Fsp3) is 0.286. The Morgan fingerprint density at radius 1 is 1.24 bits per heavy atom. The molecule has 0 spiro atoms. The molecule has 0 fully saturated rings. The molecule has 1 N–H and O–H groups in total. The number of aryl methyl sites for hydroxylation is 1. The summed E-state index contributed by atoms with van der Waals surface area (Å²) in [6.07, 6.45) is 5.48. The summed E-state index contributed by atoms with van der Waals surface area (Å²) in [6.45, 7) is 2.09. The van der Waals surface area contributed by atoms with Crippen LogP contribution in [0.15, 0.2) is 53.0 Å². The van der Waals surface area contributed by atoms with Crippen LogP contribution in [-0.4, -0.2) is 13.1 Å². The van der Waals surface area contributed by atoms with Gasteiger partial charge in [-0.2, -0.15) is 0 Å². The first-order valence-corrected chi connectivity index (χ1v) is 9.30. The van der Waals surface area contributed by atoms with Crippen molar-refractivity contribution < 1.29 is 9.53 Å². The lowest BCUT2D eigenvalue weighted by molar-refractivity contribution is 0.0598. The van der Waals surface area contributed by atoms with Crippen LogP contribution in [0.1, 0.15) is 45.4 Å². The maximum Gasteiger partial charge on any atom is 0.338 e. The molecule has 0 aromatic heterocycles. The van der Waals surface area contributed by atoms with E-state index in [1.807, 2.05) is 18.2 Å². The highest BCUT2D eigenvalue weighted by atomic mass is 79.9. The molecular weight excluding hydrogens is 378 g/mol. The molecule has 1 aliphatic carbocycles. The van der Waals surface area contributed by atoms with Crippen molar-refractivity contribution in [2.75, 3.05) is 12.4 Å². The molecule has 25 heavy (non-hydrogen) atoms. The molecule has 3 atom stereocenters. The first kappa shape index (κ1) is 16.4. The second-order valence-corrected chi connectivity index (χ2v) is 7.56. The molecule has 2 aromatic carbocycles. The number of methoxy groups -OCH3 is 1. The van der Waals surface area contributed by atoms with E-state index in [0.717, 1.165) is 27.7 Å². The highest BCUT2D eigenvalue weighted by molar-refractivity contribution is 9.10. The predicted molar refractivity (Wildman–Crippen MR) is 103 cm³/mol. The summed E-state index contributed by atoms with van der Waals surface area (Å²) >= 11 is 3.70. The Morgan fingerprint density at radius 2 is 2.04 bits per heavy atom. The Kier molecular flexibility index (Phi) is 4.16. The summed E-state index contributed by atoms with van der Waals surface area (Å²) in [4.78, 5) is 12.3. The van der Waals surface area contributed by atoms with E-state index in [1.165, 1.54) is 12.7 Å². The van der Waals surface area contributed by atoms with Gasteiger partial charge in [-0.05, 0) is 48.1 Å². The zero-order valence-corrected chi connectivity index (χ0v) is 15.8. The summed E-state index contributed by atoms with van der Waals surface area (Å²) < 4.78 is 6.14. The van der Waals surface area contributed by atoms with Gasteiger partial charge < -0.3 is 10.1 Å². The first-order valence-electron chi connectivity index (χ1n) is 8.51. The molecular formula is C21H20BrNO2. The van der Waals surface area contributed by atoms with Gasteiger partial charge in [-0.25, -0.2) is 4.79 Å². The van der Waals surface area contributed by atoms with Crippen LogP contribution in [-0.2, 0) is 4.74 Å². The molecule has 4 rings (SSSR count). The molecule has 0 saturated heterocycles. The summed E-state index contributed by atoms with van der Waals surface area (Å²) in [5.41, 5.74) is 5.22. The molecule has 4 heteroatoms. The van der Waals surface area contributed by atoms with Crippen LogP contribution in [0.25, 0.3) is 0 Å². The van der Waals surface area contributed by atoms with E-state index < -0.39 is 0 Å². The Balaban J connectivity index is 1.89. The number of carbonyl (C=O) groups excluding carboxylic acids is 1. The molecule has 0 radical (unpaired) electrons. The van der Waals surface area contributed by atoms with Gasteiger partial charge in [-0.1, -0.05) is 52.3 Å². The third-order valence-electron chi connectivity index (χ3n) is 5.37. The smallest absolute Gasteiger partial charge is 0.338 e. The molecule has 0 unspecified atom stereocenters. The van der Waals surface area contributed by atoms with E-state index in [4.69, 9.17) is 4.74 Å². The van der Waals surface area contributed by atoms with Gasteiger partial charge in [0.05, 0.1) is 18.7 Å². The minimum absolute atomic E-state index is 0.203. The molecule has 2 aromatic rings. The minimum atomic E-state index is -0.267. The predicted octanol–water partition coefficient (Wildman–Crippen LogP) is 5.37. The summed E-state index contributed by atoms with van der Waals surface area (Å²) in [7, 11) is 1.44. The van der Waals surface area contributed by atoms with Crippen molar-refractivity contribution in [1.82, 2.24) is 0 Å². The van der Waals surface area contributed by atoms with Gasteiger partial charge in [0.1, 0.15) is 0 Å². The summed E-state index contributed by atoms with van der Waals surface area (Å²) in [5.74, 6) is 0.343. The topological polar surface area (TPSA) is 38.3 Å². The number of carbonyl (C=O) groups is 1. The largest absolute Gasteiger partial charge is 0.465 e. The van der Waals surface area contributed by atoms with Gasteiger partial charge >= 0.3 is 5.97 Å². The van der Waals surface area contributed by atoms with Gasteiger partial charge in [0, 0.05) is 16.1 Å². The average Bonchev–Trinajstić information content (AvgIpc) is 3.11. The van der Waals surface area contributed by atoms with Crippen molar-refractivity contribution in [3.05, 3.63) is 75.3 Å². The van der Waals surface area contributed by atoms with Gasteiger partial charge in [-0.3, -0.25) is 0 Å². The molecule has 0 bridgehead atoms. The highest BCUT2D eigenvalue weighted by Crippen LogP contribution is 2.52. The van der Waals surface area contributed by atoms with Crippen molar-refractivity contribution in [3.63, 3.8) is 0 Å². The molecule has 0 amide bonds. The highest BCUT2D eigenvalue weighted by Gasteiger charge is 2.41. The third kappa shape index (κ3) is 2.60.